The summed E-state index contributed by atoms with van der Waals surface area (Å²) >= 11 is 0. The van der Waals surface area contributed by atoms with Gasteiger partial charge in [-0.15, -0.1) is 0 Å². The molecule has 1 aliphatic carbocycles. The van der Waals surface area contributed by atoms with Crippen LogP contribution in [0.2, 0.25) is 0 Å². The number of unbranched alkanes of at least 4 members (excludes halogenated alkanes) is 2. The van der Waals surface area contributed by atoms with Gasteiger partial charge in [0.05, 0.1) is 11.1 Å². The first kappa shape index (κ1) is 27.9. The summed E-state index contributed by atoms with van der Waals surface area (Å²) in [5.41, 5.74) is 2.99. The molecule has 0 bridgehead atoms. The van der Waals surface area contributed by atoms with Gasteiger partial charge in [-0.3, -0.25) is 14.4 Å². The first-order valence-corrected chi connectivity index (χ1v) is 11.5. The van der Waals surface area contributed by atoms with Gasteiger partial charge in [0, 0.05) is 29.7 Å². The molecular weight excluding hydrogens is 502 g/mol. The van der Waals surface area contributed by atoms with E-state index in [0.29, 0.717) is 49.1 Å². The minimum Gasteiger partial charge on any atom is -0.370 e. The van der Waals surface area contributed by atoms with E-state index in [1.807, 2.05) is 0 Å². The number of Topliss-reactive ketones (excluding diaryl/α,β-unsaturated/α-hetero) is 1. The molecule has 0 fully saturated rings. The standard InChI is InChI=1S/C26H24F6N2O3/c27-25(28,29)19-11-15(12-20(14-19)26(30,31)32)10-17-6-5-16-13-18(7-8-21(16)23(17)36)24(37)34-9-3-1-2-4-22(33)35/h7-8,10-14H,1-6,9H2,(H2,33,35)(H,34,37)/b17-10+. The third kappa shape index (κ3) is 7.43. The molecule has 2 amide bonds. The number of rotatable bonds is 8. The van der Waals surface area contributed by atoms with E-state index in [2.05, 4.69) is 5.32 Å². The van der Waals surface area contributed by atoms with Crippen molar-refractivity contribution in [1.82, 2.24) is 5.32 Å². The van der Waals surface area contributed by atoms with Gasteiger partial charge in [0.1, 0.15) is 0 Å². The molecule has 2 aromatic rings. The van der Waals surface area contributed by atoms with Gasteiger partial charge in [0.2, 0.25) is 5.91 Å². The number of nitrogens with two attached hydrogens (primary N) is 1. The SMILES string of the molecule is NC(=O)CCCCCNC(=O)c1ccc2c(c1)CC/C(=C\c1cc(C(F)(F)F)cc(C(F)(F)F)c1)C2=O. The van der Waals surface area contributed by atoms with E-state index in [1.165, 1.54) is 12.1 Å². The van der Waals surface area contributed by atoms with Crippen LogP contribution in [0.5, 0.6) is 0 Å². The Hall–Kier alpha value is -3.63. The van der Waals surface area contributed by atoms with Crippen LogP contribution < -0.4 is 11.1 Å². The fraction of sp³-hybridized carbons (Fsp3) is 0.346. The van der Waals surface area contributed by atoms with E-state index in [-0.39, 0.29) is 53.8 Å². The molecule has 0 aliphatic heterocycles. The highest BCUT2D eigenvalue weighted by Crippen LogP contribution is 2.37. The number of primary amides is 1. The number of hydrogen-bond donors (Lipinski definition) is 2. The lowest BCUT2D eigenvalue weighted by Gasteiger charge is -2.19. The Bertz CT molecular complexity index is 1200. The summed E-state index contributed by atoms with van der Waals surface area (Å²) < 4.78 is 78.9. The van der Waals surface area contributed by atoms with Crippen LogP contribution in [0.3, 0.4) is 0 Å². The molecule has 0 saturated carbocycles. The highest BCUT2D eigenvalue weighted by molar-refractivity contribution is 6.13. The van der Waals surface area contributed by atoms with Crippen LogP contribution in [0, 0.1) is 0 Å². The van der Waals surface area contributed by atoms with Crippen molar-refractivity contribution in [3.63, 3.8) is 0 Å². The Morgan fingerprint density at radius 2 is 1.54 bits per heavy atom. The molecule has 11 heteroatoms. The van der Waals surface area contributed by atoms with E-state index in [1.54, 1.807) is 6.07 Å². The molecule has 5 nitrogen and oxygen atoms in total. The lowest BCUT2D eigenvalue weighted by Crippen LogP contribution is -2.25. The summed E-state index contributed by atoms with van der Waals surface area (Å²) in [4.78, 5) is 36.1. The van der Waals surface area contributed by atoms with Crippen LogP contribution in [0.25, 0.3) is 6.08 Å². The van der Waals surface area contributed by atoms with Crippen molar-refractivity contribution in [2.45, 2.75) is 50.9 Å². The summed E-state index contributed by atoms with van der Waals surface area (Å²) in [6.07, 6.45) is -6.28. The zero-order valence-corrected chi connectivity index (χ0v) is 19.6. The fourth-order valence-electron chi connectivity index (χ4n) is 4.03. The molecule has 0 aromatic heterocycles. The number of fused-ring (bicyclic) bond motifs is 1. The Morgan fingerprint density at radius 3 is 2.14 bits per heavy atom. The van der Waals surface area contributed by atoms with E-state index >= 15 is 0 Å². The van der Waals surface area contributed by atoms with Crippen molar-refractivity contribution in [2.24, 2.45) is 5.73 Å². The van der Waals surface area contributed by atoms with Gasteiger partial charge in [0.15, 0.2) is 5.78 Å². The smallest absolute Gasteiger partial charge is 0.370 e. The summed E-state index contributed by atoms with van der Waals surface area (Å²) in [6, 6.07) is 5.61. The predicted molar refractivity (Wildman–Crippen MR) is 124 cm³/mol. The Balaban J connectivity index is 1.75. The summed E-state index contributed by atoms with van der Waals surface area (Å²) in [5.74, 6) is -1.25. The minimum atomic E-state index is -4.99. The molecule has 0 radical (unpaired) electrons. The number of ketones is 1. The average molecular weight is 526 g/mol. The maximum absolute atomic E-state index is 13.1. The van der Waals surface area contributed by atoms with Gasteiger partial charge in [-0.2, -0.15) is 26.3 Å². The van der Waals surface area contributed by atoms with Crippen LogP contribution in [0.4, 0.5) is 26.3 Å². The van der Waals surface area contributed by atoms with Crippen LogP contribution >= 0.6 is 0 Å². The molecule has 2 aromatic carbocycles. The van der Waals surface area contributed by atoms with Gasteiger partial charge >= 0.3 is 12.4 Å². The van der Waals surface area contributed by atoms with E-state index in [9.17, 15) is 40.7 Å². The number of carbonyl (C=O) groups is 3. The van der Waals surface area contributed by atoms with Crippen molar-refractivity contribution in [3.05, 3.63) is 75.4 Å². The van der Waals surface area contributed by atoms with E-state index < -0.39 is 29.3 Å². The van der Waals surface area contributed by atoms with E-state index in [0.717, 1.165) is 6.08 Å². The van der Waals surface area contributed by atoms with Crippen LogP contribution in [-0.4, -0.2) is 24.1 Å². The van der Waals surface area contributed by atoms with Crippen molar-refractivity contribution in [2.75, 3.05) is 6.54 Å². The molecule has 3 N–H and O–H groups in total. The second kappa shape index (κ2) is 11.2. The monoisotopic (exact) mass is 526 g/mol. The number of carbonyl (C=O) groups excluding carboxylic acids is 3. The van der Waals surface area contributed by atoms with Crippen LogP contribution in [-0.2, 0) is 23.6 Å². The molecule has 0 atom stereocenters. The summed E-state index contributed by atoms with van der Waals surface area (Å²) in [5, 5.41) is 2.75. The minimum absolute atomic E-state index is 0.0354. The van der Waals surface area contributed by atoms with Crippen LogP contribution in [0.1, 0.15) is 75.1 Å². The maximum atomic E-state index is 13.1. The fourth-order valence-corrected chi connectivity index (χ4v) is 4.03. The van der Waals surface area contributed by atoms with Gasteiger partial charge in [-0.05, 0) is 79.3 Å². The lowest BCUT2D eigenvalue weighted by atomic mass is 9.85. The highest BCUT2D eigenvalue weighted by atomic mass is 19.4. The second-order valence-electron chi connectivity index (χ2n) is 8.74. The maximum Gasteiger partial charge on any atom is 0.416 e. The molecule has 3 rings (SSSR count). The third-order valence-electron chi connectivity index (χ3n) is 5.90. The van der Waals surface area contributed by atoms with E-state index in [4.69, 9.17) is 5.73 Å². The van der Waals surface area contributed by atoms with Crippen LogP contribution in [0.15, 0.2) is 42.0 Å². The number of allylic oxidation sites excluding steroid dienone is 1. The average Bonchev–Trinajstić information content (AvgIpc) is 2.81. The molecule has 0 unspecified atom stereocenters. The van der Waals surface area contributed by atoms with Gasteiger partial charge in [0.25, 0.3) is 5.91 Å². The number of halogens is 6. The molecule has 0 saturated heterocycles. The lowest BCUT2D eigenvalue weighted by molar-refractivity contribution is -0.143. The molecule has 0 spiro atoms. The van der Waals surface area contributed by atoms with Crippen molar-refractivity contribution >= 4 is 23.7 Å². The second-order valence-corrected chi connectivity index (χ2v) is 8.74. The predicted octanol–water partition coefficient (Wildman–Crippen LogP) is 5.71. The highest BCUT2D eigenvalue weighted by Gasteiger charge is 2.37. The largest absolute Gasteiger partial charge is 0.416 e. The number of alkyl halides is 6. The number of benzene rings is 2. The number of nitrogens with one attached hydrogen (secondary N) is 1. The molecule has 198 valence electrons. The molecule has 1 aliphatic rings. The van der Waals surface area contributed by atoms with Crippen molar-refractivity contribution < 1.29 is 40.7 Å². The number of amides is 2. The summed E-state index contributed by atoms with van der Waals surface area (Å²) in [7, 11) is 0. The van der Waals surface area contributed by atoms with Gasteiger partial charge in [-0.25, -0.2) is 0 Å². The Morgan fingerprint density at radius 1 is 0.892 bits per heavy atom. The normalized spacial score (nSPS) is 15.0. The topological polar surface area (TPSA) is 89.3 Å². The van der Waals surface area contributed by atoms with Crippen molar-refractivity contribution in [3.8, 4) is 0 Å². The third-order valence-corrected chi connectivity index (χ3v) is 5.90. The first-order valence-electron chi connectivity index (χ1n) is 11.5. The quantitative estimate of drug-likeness (QED) is 0.262. The molecule has 37 heavy (non-hydrogen) atoms. The zero-order valence-electron chi connectivity index (χ0n) is 19.6. The molecular formula is C26H24F6N2O3. The Kier molecular flexibility index (Phi) is 8.45. The van der Waals surface area contributed by atoms with Gasteiger partial charge in [-0.1, -0.05) is 6.42 Å². The number of hydrogen-bond acceptors (Lipinski definition) is 3. The number of aryl methyl sites for hydroxylation is 1. The van der Waals surface area contributed by atoms with Gasteiger partial charge < -0.3 is 11.1 Å². The summed E-state index contributed by atoms with van der Waals surface area (Å²) in [6.45, 7) is 0.386. The van der Waals surface area contributed by atoms with Crippen molar-refractivity contribution in [1.29, 1.82) is 0 Å². The Labute approximate surface area is 208 Å². The zero-order chi connectivity index (χ0) is 27.4. The first-order chi connectivity index (χ1) is 17.3. The molecule has 0 heterocycles.